The molecular formula is C17H22N2O. The number of carbonyl (C=O) groups is 1. The SMILES string of the molecule is CN(CCc1cccc2ccccc12)C(=O)CCCN. The molecule has 3 nitrogen and oxygen atoms in total. The van der Waals surface area contributed by atoms with Crippen LogP contribution in [0.1, 0.15) is 18.4 Å². The number of amides is 1. The second-order valence-corrected chi connectivity index (χ2v) is 5.10. The summed E-state index contributed by atoms with van der Waals surface area (Å²) in [7, 11) is 1.87. The summed E-state index contributed by atoms with van der Waals surface area (Å²) in [6.45, 7) is 1.32. The average Bonchev–Trinajstić information content (AvgIpc) is 2.50. The lowest BCUT2D eigenvalue weighted by Gasteiger charge is -2.17. The molecule has 0 aromatic heterocycles. The van der Waals surface area contributed by atoms with Crippen LogP contribution in [0.5, 0.6) is 0 Å². The van der Waals surface area contributed by atoms with Gasteiger partial charge in [-0.3, -0.25) is 4.79 Å². The van der Waals surface area contributed by atoms with Gasteiger partial charge in [0.25, 0.3) is 0 Å². The zero-order valence-electron chi connectivity index (χ0n) is 12.0. The highest BCUT2D eigenvalue weighted by Gasteiger charge is 2.08. The van der Waals surface area contributed by atoms with Crippen molar-refractivity contribution in [3.05, 3.63) is 48.0 Å². The third kappa shape index (κ3) is 3.58. The Bertz CT molecular complexity index is 575. The van der Waals surface area contributed by atoms with Crippen LogP contribution in [0, 0.1) is 0 Å². The maximum atomic E-state index is 11.9. The molecule has 0 atom stereocenters. The third-order valence-electron chi connectivity index (χ3n) is 3.62. The van der Waals surface area contributed by atoms with Gasteiger partial charge in [0, 0.05) is 20.0 Å². The topological polar surface area (TPSA) is 46.3 Å². The van der Waals surface area contributed by atoms with Gasteiger partial charge in [-0.1, -0.05) is 42.5 Å². The molecule has 0 unspecified atom stereocenters. The molecule has 0 spiro atoms. The van der Waals surface area contributed by atoms with Gasteiger partial charge in [-0.2, -0.15) is 0 Å². The molecule has 2 aromatic carbocycles. The van der Waals surface area contributed by atoms with Crippen molar-refractivity contribution in [1.82, 2.24) is 4.90 Å². The van der Waals surface area contributed by atoms with E-state index in [1.165, 1.54) is 16.3 Å². The number of likely N-dealkylation sites (N-methyl/N-ethyl adjacent to an activating group) is 1. The van der Waals surface area contributed by atoms with E-state index < -0.39 is 0 Å². The van der Waals surface area contributed by atoms with Crippen molar-refractivity contribution in [3.8, 4) is 0 Å². The Balaban J connectivity index is 2.00. The fourth-order valence-corrected chi connectivity index (χ4v) is 2.37. The van der Waals surface area contributed by atoms with Crippen molar-refractivity contribution in [2.75, 3.05) is 20.1 Å². The molecular weight excluding hydrogens is 248 g/mol. The number of nitrogens with zero attached hydrogens (tertiary/aromatic N) is 1. The zero-order chi connectivity index (χ0) is 14.4. The minimum absolute atomic E-state index is 0.177. The van der Waals surface area contributed by atoms with E-state index in [0.29, 0.717) is 13.0 Å². The Hall–Kier alpha value is -1.87. The molecule has 2 aromatic rings. The molecule has 0 fully saturated rings. The quantitative estimate of drug-likeness (QED) is 0.877. The minimum atomic E-state index is 0.177. The Morgan fingerprint density at radius 2 is 1.90 bits per heavy atom. The highest BCUT2D eigenvalue weighted by Crippen LogP contribution is 2.19. The van der Waals surface area contributed by atoms with Crippen molar-refractivity contribution < 1.29 is 4.79 Å². The van der Waals surface area contributed by atoms with Crippen LogP contribution >= 0.6 is 0 Å². The number of hydrogen-bond donors (Lipinski definition) is 1. The van der Waals surface area contributed by atoms with E-state index in [9.17, 15) is 4.79 Å². The highest BCUT2D eigenvalue weighted by molar-refractivity contribution is 5.85. The Morgan fingerprint density at radius 1 is 1.15 bits per heavy atom. The van der Waals surface area contributed by atoms with E-state index in [1.807, 2.05) is 7.05 Å². The molecule has 0 aliphatic carbocycles. The summed E-state index contributed by atoms with van der Waals surface area (Å²) in [5.41, 5.74) is 6.73. The first-order valence-electron chi connectivity index (χ1n) is 7.13. The number of rotatable bonds is 6. The Kier molecular flexibility index (Phi) is 5.13. The molecule has 20 heavy (non-hydrogen) atoms. The van der Waals surface area contributed by atoms with Gasteiger partial charge < -0.3 is 10.6 Å². The highest BCUT2D eigenvalue weighted by atomic mass is 16.2. The summed E-state index contributed by atoms with van der Waals surface area (Å²) in [6, 6.07) is 14.7. The zero-order valence-corrected chi connectivity index (χ0v) is 12.0. The summed E-state index contributed by atoms with van der Waals surface area (Å²) in [5.74, 6) is 0.177. The van der Waals surface area contributed by atoms with Crippen LogP contribution in [0.15, 0.2) is 42.5 Å². The first-order valence-corrected chi connectivity index (χ1v) is 7.13. The van der Waals surface area contributed by atoms with Crippen LogP contribution in [-0.4, -0.2) is 30.9 Å². The molecule has 0 saturated carbocycles. The van der Waals surface area contributed by atoms with Crippen molar-refractivity contribution in [2.24, 2.45) is 5.73 Å². The molecule has 2 N–H and O–H groups in total. The summed E-state index contributed by atoms with van der Waals surface area (Å²) in [6.07, 6.45) is 2.19. The van der Waals surface area contributed by atoms with E-state index in [-0.39, 0.29) is 5.91 Å². The van der Waals surface area contributed by atoms with Gasteiger partial charge in [0.1, 0.15) is 0 Å². The van der Waals surface area contributed by atoms with Gasteiger partial charge in [-0.15, -0.1) is 0 Å². The number of carbonyl (C=O) groups excluding carboxylic acids is 1. The summed E-state index contributed by atoms with van der Waals surface area (Å²) < 4.78 is 0. The number of nitrogens with two attached hydrogens (primary N) is 1. The predicted molar refractivity (Wildman–Crippen MR) is 83.6 cm³/mol. The monoisotopic (exact) mass is 270 g/mol. The molecule has 0 bridgehead atoms. The fraction of sp³-hybridized carbons (Fsp3) is 0.353. The number of fused-ring (bicyclic) bond motifs is 1. The van der Waals surface area contributed by atoms with Gasteiger partial charge >= 0.3 is 0 Å². The van der Waals surface area contributed by atoms with Crippen LogP contribution in [-0.2, 0) is 11.2 Å². The fourth-order valence-electron chi connectivity index (χ4n) is 2.37. The first kappa shape index (κ1) is 14.5. The lowest BCUT2D eigenvalue weighted by atomic mass is 10.0. The van der Waals surface area contributed by atoms with Gasteiger partial charge in [0.05, 0.1) is 0 Å². The van der Waals surface area contributed by atoms with Crippen molar-refractivity contribution in [1.29, 1.82) is 0 Å². The van der Waals surface area contributed by atoms with Crippen LogP contribution in [0.4, 0.5) is 0 Å². The molecule has 3 heteroatoms. The molecule has 0 heterocycles. The van der Waals surface area contributed by atoms with Crippen LogP contribution in [0.25, 0.3) is 10.8 Å². The van der Waals surface area contributed by atoms with Crippen LogP contribution < -0.4 is 5.73 Å². The number of benzene rings is 2. The van der Waals surface area contributed by atoms with Crippen LogP contribution in [0.3, 0.4) is 0 Å². The lowest BCUT2D eigenvalue weighted by Crippen LogP contribution is -2.29. The first-order chi connectivity index (χ1) is 9.72. The second-order valence-electron chi connectivity index (χ2n) is 5.10. The van der Waals surface area contributed by atoms with E-state index in [0.717, 1.165) is 19.4 Å². The molecule has 0 aliphatic rings. The smallest absolute Gasteiger partial charge is 0.222 e. The van der Waals surface area contributed by atoms with E-state index in [1.54, 1.807) is 4.90 Å². The second kappa shape index (κ2) is 7.06. The molecule has 106 valence electrons. The Morgan fingerprint density at radius 3 is 2.70 bits per heavy atom. The van der Waals surface area contributed by atoms with Gasteiger partial charge in [0.2, 0.25) is 5.91 Å². The molecule has 0 radical (unpaired) electrons. The van der Waals surface area contributed by atoms with E-state index in [4.69, 9.17) is 5.73 Å². The van der Waals surface area contributed by atoms with Crippen molar-refractivity contribution >= 4 is 16.7 Å². The third-order valence-corrected chi connectivity index (χ3v) is 3.62. The molecule has 1 amide bonds. The summed E-state index contributed by atoms with van der Waals surface area (Å²) in [4.78, 5) is 13.7. The minimum Gasteiger partial charge on any atom is -0.345 e. The Labute approximate surface area is 120 Å². The largest absolute Gasteiger partial charge is 0.345 e. The maximum absolute atomic E-state index is 11.9. The standard InChI is InChI=1S/C17H22N2O/c1-19(17(20)10-5-12-18)13-11-15-8-4-7-14-6-2-3-9-16(14)15/h2-4,6-9H,5,10-13,18H2,1H3. The van der Waals surface area contributed by atoms with E-state index in [2.05, 4.69) is 42.5 Å². The maximum Gasteiger partial charge on any atom is 0.222 e. The predicted octanol–water partition coefficient (Wildman–Crippen LogP) is 2.58. The van der Waals surface area contributed by atoms with Crippen LogP contribution in [0.2, 0.25) is 0 Å². The van der Waals surface area contributed by atoms with E-state index >= 15 is 0 Å². The van der Waals surface area contributed by atoms with Gasteiger partial charge in [0.15, 0.2) is 0 Å². The van der Waals surface area contributed by atoms with Crippen molar-refractivity contribution in [3.63, 3.8) is 0 Å². The molecule has 2 rings (SSSR count). The van der Waals surface area contributed by atoms with Crippen molar-refractivity contribution in [2.45, 2.75) is 19.3 Å². The molecule has 0 saturated heterocycles. The average molecular weight is 270 g/mol. The summed E-state index contributed by atoms with van der Waals surface area (Å²) in [5, 5.41) is 2.53. The lowest BCUT2D eigenvalue weighted by molar-refractivity contribution is -0.129. The molecule has 0 aliphatic heterocycles. The van der Waals surface area contributed by atoms with Gasteiger partial charge in [-0.05, 0) is 35.7 Å². The number of hydrogen-bond acceptors (Lipinski definition) is 2. The normalized spacial score (nSPS) is 10.7. The summed E-state index contributed by atoms with van der Waals surface area (Å²) >= 11 is 0. The van der Waals surface area contributed by atoms with Gasteiger partial charge in [-0.25, -0.2) is 0 Å².